The maximum Gasteiger partial charge on any atom is 0.425 e. The maximum atomic E-state index is 13.5. The van der Waals surface area contributed by atoms with Crippen LogP contribution in [-0.2, 0) is 21.3 Å². The molecule has 37 heavy (non-hydrogen) atoms. The molecule has 0 radical (unpaired) electrons. The number of carbonyl (C=O) groups is 1. The summed E-state index contributed by atoms with van der Waals surface area (Å²) in [5.74, 6) is -0.304. The van der Waals surface area contributed by atoms with Gasteiger partial charge in [0.15, 0.2) is 5.84 Å². The van der Waals surface area contributed by atoms with Crippen molar-refractivity contribution in [3.8, 4) is 5.75 Å². The van der Waals surface area contributed by atoms with Gasteiger partial charge in [0.1, 0.15) is 28.5 Å². The van der Waals surface area contributed by atoms with E-state index in [4.69, 9.17) is 16.3 Å². The average molecular weight is 549 g/mol. The molecule has 0 spiro atoms. The van der Waals surface area contributed by atoms with Gasteiger partial charge in [-0.2, -0.15) is 8.42 Å². The first-order chi connectivity index (χ1) is 17.6. The molecule has 4 N–H and O–H groups in total. The smallest absolute Gasteiger partial charge is 0.425 e. The van der Waals surface area contributed by atoms with E-state index in [1.54, 1.807) is 12.1 Å². The summed E-state index contributed by atoms with van der Waals surface area (Å²) >= 11 is 5.46. The molecule has 1 amide bonds. The fourth-order valence-electron chi connectivity index (χ4n) is 3.71. The number of nitrogens with one attached hydrogen (secondary N) is 3. The standard InChI is InChI=1S/C23H25ClN6O6S/c1-13(2)7-10-30-21-15(4-3-9-25-21)19(31)18(22(30)32)20-26-16-6-5-14(12-17(16)37(34,35)29-20)27-28-23(33)36-11-8-24/h3-6,9,12-13,27,31H,7-8,10-11H2,1-2H3,(H,26,29)(H,28,33). The summed E-state index contributed by atoms with van der Waals surface area (Å²) < 4.78 is 36.2. The number of nitrogens with zero attached hydrogens (tertiary/aromatic N) is 3. The molecule has 4 rings (SSSR count). The average Bonchev–Trinajstić information content (AvgIpc) is 2.86. The third-order valence-corrected chi connectivity index (χ3v) is 6.97. The number of halogens is 1. The fourth-order valence-corrected chi connectivity index (χ4v) is 4.93. The van der Waals surface area contributed by atoms with E-state index in [0.29, 0.717) is 29.9 Å². The van der Waals surface area contributed by atoms with E-state index in [9.17, 15) is 23.1 Å². The summed E-state index contributed by atoms with van der Waals surface area (Å²) in [5.41, 5.74) is 4.58. The highest BCUT2D eigenvalue weighted by molar-refractivity contribution is 7.90. The summed E-state index contributed by atoms with van der Waals surface area (Å²) in [5, 5.41) is 14.1. The minimum atomic E-state index is -4.29. The Morgan fingerprint density at radius 3 is 2.81 bits per heavy atom. The van der Waals surface area contributed by atoms with Crippen LogP contribution in [0.5, 0.6) is 5.75 Å². The number of sulfonamides is 1. The third-order valence-electron chi connectivity index (χ3n) is 5.50. The lowest BCUT2D eigenvalue weighted by Crippen LogP contribution is -2.33. The minimum absolute atomic E-state index is 0.00585. The maximum absolute atomic E-state index is 13.5. The topological polar surface area (TPSA) is 164 Å². The van der Waals surface area contributed by atoms with Gasteiger partial charge in [0.05, 0.1) is 22.6 Å². The highest BCUT2D eigenvalue weighted by Gasteiger charge is 2.30. The number of aromatic hydroxyl groups is 1. The van der Waals surface area contributed by atoms with E-state index in [0.717, 1.165) is 0 Å². The molecule has 196 valence electrons. The summed E-state index contributed by atoms with van der Waals surface area (Å²) in [4.78, 5) is 29.2. The van der Waals surface area contributed by atoms with Gasteiger partial charge < -0.3 is 15.2 Å². The Morgan fingerprint density at radius 1 is 1.30 bits per heavy atom. The Bertz CT molecular complexity index is 1550. The number of amidine groups is 1. The zero-order chi connectivity index (χ0) is 26.7. The van der Waals surface area contributed by atoms with Gasteiger partial charge in [-0.15, -0.1) is 16.0 Å². The van der Waals surface area contributed by atoms with Gasteiger partial charge in [-0.25, -0.2) is 15.2 Å². The van der Waals surface area contributed by atoms with Crippen molar-refractivity contribution in [3.05, 3.63) is 52.4 Å². The van der Waals surface area contributed by atoms with Crippen molar-refractivity contribution in [1.82, 2.24) is 15.0 Å². The number of aromatic nitrogens is 2. The second-order valence-electron chi connectivity index (χ2n) is 8.56. The Morgan fingerprint density at radius 2 is 2.08 bits per heavy atom. The van der Waals surface area contributed by atoms with Crippen molar-refractivity contribution in [2.24, 2.45) is 10.3 Å². The number of alkyl halides is 1. The van der Waals surface area contributed by atoms with Crippen LogP contribution in [0, 0.1) is 5.92 Å². The first-order valence-electron chi connectivity index (χ1n) is 11.3. The molecule has 3 heterocycles. The number of anilines is 2. The first-order valence-corrected chi connectivity index (χ1v) is 13.3. The minimum Gasteiger partial charge on any atom is -0.506 e. The molecular formula is C23H25ClN6O6S. The molecule has 0 saturated heterocycles. The molecule has 0 aliphatic carbocycles. The largest absolute Gasteiger partial charge is 0.506 e. The summed E-state index contributed by atoms with van der Waals surface area (Å²) in [6.07, 6.45) is 1.39. The van der Waals surface area contributed by atoms with Crippen LogP contribution >= 0.6 is 11.6 Å². The molecule has 0 fully saturated rings. The SMILES string of the molecule is CC(C)CCn1c(=O)c(C2=NS(=O)(=O)c3cc(NNC(=O)OCCCl)ccc3N2)c(O)c2cccnc21. The lowest BCUT2D eigenvalue weighted by molar-refractivity contribution is 0.155. The van der Waals surface area contributed by atoms with Crippen molar-refractivity contribution in [1.29, 1.82) is 0 Å². The quantitative estimate of drug-likeness (QED) is 0.244. The molecule has 12 nitrogen and oxygen atoms in total. The molecular weight excluding hydrogens is 524 g/mol. The number of hydrogen-bond acceptors (Lipinski definition) is 9. The molecule has 0 unspecified atom stereocenters. The van der Waals surface area contributed by atoms with E-state index in [1.807, 2.05) is 13.8 Å². The van der Waals surface area contributed by atoms with Crippen molar-refractivity contribution >= 4 is 56.0 Å². The number of rotatable bonds is 8. The molecule has 0 atom stereocenters. The molecule has 2 aromatic heterocycles. The monoisotopic (exact) mass is 548 g/mol. The fraction of sp³-hybridized carbons (Fsp3) is 0.304. The highest BCUT2D eigenvalue weighted by atomic mass is 35.5. The highest BCUT2D eigenvalue weighted by Crippen LogP contribution is 2.33. The van der Waals surface area contributed by atoms with Gasteiger partial charge >= 0.3 is 6.09 Å². The van der Waals surface area contributed by atoms with Crippen LogP contribution in [0.25, 0.3) is 11.0 Å². The number of aryl methyl sites for hydroxylation is 1. The third kappa shape index (κ3) is 5.47. The number of amides is 1. The van der Waals surface area contributed by atoms with Gasteiger partial charge in [0, 0.05) is 12.7 Å². The van der Waals surface area contributed by atoms with Crippen molar-refractivity contribution in [2.45, 2.75) is 31.7 Å². The Labute approximate surface area is 217 Å². The summed E-state index contributed by atoms with van der Waals surface area (Å²) in [7, 11) is -4.29. The normalized spacial score (nSPS) is 14.0. The van der Waals surface area contributed by atoms with Crippen LogP contribution < -0.4 is 21.7 Å². The van der Waals surface area contributed by atoms with Crippen LogP contribution in [0.4, 0.5) is 16.2 Å². The number of hydrogen-bond donors (Lipinski definition) is 4. The molecule has 1 aromatic carbocycles. The molecule has 1 aliphatic rings. The van der Waals surface area contributed by atoms with Gasteiger partial charge in [-0.05, 0) is 42.7 Å². The van der Waals surface area contributed by atoms with Gasteiger partial charge in [-0.1, -0.05) is 13.8 Å². The number of hydrazine groups is 1. The van der Waals surface area contributed by atoms with Crippen LogP contribution in [-0.4, -0.2) is 47.5 Å². The second-order valence-corrected chi connectivity index (χ2v) is 10.5. The van der Waals surface area contributed by atoms with Crippen molar-refractivity contribution < 1.29 is 23.1 Å². The Balaban J connectivity index is 1.73. The lowest BCUT2D eigenvalue weighted by atomic mass is 10.1. The predicted octanol–water partition coefficient (Wildman–Crippen LogP) is 3.00. The second kappa shape index (κ2) is 10.6. The Hall–Kier alpha value is -3.84. The number of carbonyl (C=O) groups excluding carboxylic acids is 1. The number of pyridine rings is 2. The van der Waals surface area contributed by atoms with E-state index >= 15 is 0 Å². The molecule has 1 aliphatic heterocycles. The van der Waals surface area contributed by atoms with E-state index in [1.165, 1.54) is 29.0 Å². The van der Waals surface area contributed by atoms with Gasteiger partial charge in [0.25, 0.3) is 15.6 Å². The first kappa shape index (κ1) is 26.2. The zero-order valence-electron chi connectivity index (χ0n) is 20.0. The Kier molecular flexibility index (Phi) is 7.55. The molecule has 0 bridgehead atoms. The van der Waals surface area contributed by atoms with E-state index in [2.05, 4.69) is 25.6 Å². The summed E-state index contributed by atoms with van der Waals surface area (Å²) in [6, 6.07) is 7.40. The van der Waals surface area contributed by atoms with Crippen LogP contribution in [0.2, 0.25) is 0 Å². The zero-order valence-corrected chi connectivity index (χ0v) is 21.6. The van der Waals surface area contributed by atoms with Crippen LogP contribution in [0.1, 0.15) is 25.8 Å². The van der Waals surface area contributed by atoms with E-state index in [-0.39, 0.29) is 40.2 Å². The van der Waals surface area contributed by atoms with Gasteiger partial charge in [0.2, 0.25) is 0 Å². The summed E-state index contributed by atoms with van der Waals surface area (Å²) in [6.45, 7) is 4.36. The van der Waals surface area contributed by atoms with E-state index < -0.39 is 27.4 Å². The lowest BCUT2D eigenvalue weighted by Gasteiger charge is -2.21. The molecule has 14 heteroatoms. The number of benzene rings is 1. The van der Waals surface area contributed by atoms with Crippen molar-refractivity contribution in [2.75, 3.05) is 23.2 Å². The number of fused-ring (bicyclic) bond motifs is 2. The van der Waals surface area contributed by atoms with Crippen molar-refractivity contribution in [3.63, 3.8) is 0 Å². The van der Waals surface area contributed by atoms with Crippen LogP contribution in [0.15, 0.2) is 50.6 Å². The van der Waals surface area contributed by atoms with Crippen LogP contribution in [0.3, 0.4) is 0 Å². The number of ether oxygens (including phenoxy) is 1. The molecule has 3 aromatic rings. The molecule has 0 saturated carbocycles. The predicted molar refractivity (Wildman–Crippen MR) is 140 cm³/mol. The van der Waals surface area contributed by atoms with Gasteiger partial charge in [-0.3, -0.25) is 14.8 Å².